The van der Waals surface area contributed by atoms with Crippen LogP contribution in [0.25, 0.3) is 0 Å². The van der Waals surface area contributed by atoms with Crippen LogP contribution in [0.5, 0.6) is 5.75 Å². The van der Waals surface area contributed by atoms with Crippen molar-refractivity contribution in [3.63, 3.8) is 0 Å². The van der Waals surface area contributed by atoms with Gasteiger partial charge in [0.25, 0.3) is 5.91 Å². The number of β-lactam (4-membered cyclic amide) rings is 1. The summed E-state index contributed by atoms with van der Waals surface area (Å²) >= 11 is 1.22. The molecule has 2 saturated heterocycles. The van der Waals surface area contributed by atoms with Crippen LogP contribution in [0.3, 0.4) is 0 Å². The number of nitrogens with one attached hydrogen (secondary N) is 2. The fraction of sp³-hybridized carbons (Fsp3) is 0.500. The second-order valence-electron chi connectivity index (χ2n) is 11.0. The van der Waals surface area contributed by atoms with Gasteiger partial charge >= 0.3 is 12.1 Å². The number of methoxy groups -OCH3 is 1. The van der Waals surface area contributed by atoms with Crippen LogP contribution >= 0.6 is 11.8 Å². The van der Waals surface area contributed by atoms with E-state index in [-0.39, 0.29) is 12.4 Å². The number of amides is 3. The van der Waals surface area contributed by atoms with E-state index >= 15 is 0 Å². The van der Waals surface area contributed by atoms with Crippen molar-refractivity contribution in [2.45, 2.75) is 75.0 Å². The lowest BCUT2D eigenvalue weighted by molar-refractivity contribution is -0.172. The highest BCUT2D eigenvalue weighted by Gasteiger charge is 2.59. The number of hydrogen-bond donors (Lipinski definition) is 4. The van der Waals surface area contributed by atoms with Crippen LogP contribution in [0.15, 0.2) is 48.1 Å². The van der Waals surface area contributed by atoms with Gasteiger partial charge in [0, 0.05) is 5.75 Å². The number of thioether (sulfide) groups is 1. The van der Waals surface area contributed by atoms with E-state index in [2.05, 4.69) is 10.6 Å². The summed E-state index contributed by atoms with van der Waals surface area (Å²) in [6.07, 6.45) is 4.27. The van der Waals surface area contributed by atoms with Crippen LogP contribution < -0.4 is 21.1 Å². The Morgan fingerprint density at radius 2 is 1.88 bits per heavy atom. The molecule has 3 aliphatic rings. The van der Waals surface area contributed by atoms with Gasteiger partial charge < -0.3 is 29.5 Å². The zero-order valence-electron chi connectivity index (χ0n) is 23.4. The number of benzene rings is 1. The number of aliphatic hydroxyl groups excluding tert-OH is 1. The van der Waals surface area contributed by atoms with Gasteiger partial charge in [-0.05, 0) is 56.9 Å². The summed E-state index contributed by atoms with van der Waals surface area (Å²) in [5.41, 5.74) is 4.85. The topological polar surface area (TPSA) is 170 Å². The van der Waals surface area contributed by atoms with E-state index < -0.39 is 58.7 Å². The Morgan fingerprint density at radius 3 is 2.49 bits per heavy atom. The zero-order valence-corrected chi connectivity index (χ0v) is 24.2. The van der Waals surface area contributed by atoms with Crippen LogP contribution in [-0.2, 0) is 30.5 Å². The third-order valence-electron chi connectivity index (χ3n) is 6.82. The number of carbonyl (C=O) groups excluding carboxylic acids is 4. The molecule has 5 N–H and O–H groups in total. The molecule has 5 atom stereocenters. The zero-order chi connectivity index (χ0) is 29.9. The molecule has 0 spiro atoms. The predicted octanol–water partition coefficient (Wildman–Crippen LogP) is 1.32. The largest absolute Gasteiger partial charge is 0.497 e. The Balaban J connectivity index is 1.44. The third kappa shape index (κ3) is 6.68. The van der Waals surface area contributed by atoms with Crippen LogP contribution in [0.2, 0.25) is 0 Å². The van der Waals surface area contributed by atoms with Gasteiger partial charge in [0.2, 0.25) is 5.91 Å². The molecule has 41 heavy (non-hydrogen) atoms. The van der Waals surface area contributed by atoms with E-state index in [0.717, 1.165) is 0 Å². The summed E-state index contributed by atoms with van der Waals surface area (Å²) in [5, 5.41) is 15.1. The van der Waals surface area contributed by atoms with Crippen molar-refractivity contribution in [1.29, 1.82) is 0 Å². The summed E-state index contributed by atoms with van der Waals surface area (Å²) in [6.45, 7) is 4.99. The molecule has 2 fully saturated rings. The molecule has 222 valence electrons. The van der Waals surface area contributed by atoms with Gasteiger partial charge in [-0.1, -0.05) is 30.4 Å². The van der Waals surface area contributed by atoms with E-state index in [1.165, 1.54) is 16.7 Å². The summed E-state index contributed by atoms with van der Waals surface area (Å²) in [4.78, 5) is 53.6. The normalized spacial score (nSPS) is 25.1. The van der Waals surface area contributed by atoms with E-state index in [0.29, 0.717) is 29.7 Å². The maximum atomic E-state index is 13.6. The van der Waals surface area contributed by atoms with Gasteiger partial charge in [-0.15, -0.1) is 11.8 Å². The Morgan fingerprint density at radius 1 is 1.17 bits per heavy atom. The SMILES string of the molecule is COc1ccc(COC(=O)C2C(O)CS[C@H]3[C@H](NC(=O)C(N)(NC(=O)OC(C)(C)C)C4=CCC=CC4)C(=O)N23)cc1. The molecule has 3 unspecified atom stereocenters. The molecule has 0 aromatic heterocycles. The van der Waals surface area contributed by atoms with Gasteiger partial charge in [-0.3, -0.25) is 20.6 Å². The monoisotopic (exact) mass is 588 g/mol. The highest BCUT2D eigenvalue weighted by molar-refractivity contribution is 8.00. The van der Waals surface area contributed by atoms with E-state index in [1.54, 1.807) is 58.2 Å². The molecule has 12 nitrogen and oxygen atoms in total. The van der Waals surface area contributed by atoms with E-state index in [4.69, 9.17) is 19.9 Å². The van der Waals surface area contributed by atoms with Crippen LogP contribution in [0.4, 0.5) is 4.79 Å². The minimum atomic E-state index is -1.98. The Kier molecular flexibility index (Phi) is 9.00. The van der Waals surface area contributed by atoms with Gasteiger partial charge in [0.1, 0.15) is 29.4 Å². The first kappa shape index (κ1) is 30.4. The molecule has 1 aromatic carbocycles. The summed E-state index contributed by atoms with van der Waals surface area (Å²) in [5.74, 6) is -1.33. The van der Waals surface area contributed by atoms with Crippen LogP contribution in [0, 0.1) is 0 Å². The molecule has 13 heteroatoms. The molecular formula is C28H36N4O8S. The number of rotatable bonds is 8. The predicted molar refractivity (Wildman–Crippen MR) is 150 cm³/mol. The molecule has 1 aromatic rings. The number of allylic oxidation sites excluding steroid dienone is 3. The average molecular weight is 589 g/mol. The summed E-state index contributed by atoms with van der Waals surface area (Å²) < 4.78 is 15.9. The fourth-order valence-electron chi connectivity index (χ4n) is 4.72. The average Bonchev–Trinajstić information content (AvgIpc) is 2.93. The van der Waals surface area contributed by atoms with Gasteiger partial charge in [-0.2, -0.15) is 0 Å². The van der Waals surface area contributed by atoms with E-state index in [9.17, 15) is 24.3 Å². The molecule has 2 aliphatic heterocycles. The number of esters is 1. The molecule has 1 aliphatic carbocycles. The lowest BCUT2D eigenvalue weighted by Gasteiger charge is -2.53. The second-order valence-corrected chi connectivity index (χ2v) is 12.1. The third-order valence-corrected chi connectivity index (χ3v) is 8.19. The molecule has 3 amide bonds. The number of ether oxygens (including phenoxy) is 3. The standard InChI is InChI=1S/C28H36N4O8S/c1-27(2,3)40-26(37)31-28(29,17-8-6-5-7-9-17)25(36)30-20-22(34)32-21(19(33)15-41-23(20)32)24(35)39-14-16-10-12-18(38-4)13-11-16/h5-6,9-13,19-21,23,33H,7-8,14-15,29H2,1-4H3,(H,30,36)(H,31,37)/t19?,20-,21?,23+,28?/m1/s1. The second kappa shape index (κ2) is 12.1. The Labute approximate surface area is 242 Å². The van der Waals surface area contributed by atoms with Crippen LogP contribution in [0.1, 0.15) is 39.2 Å². The number of nitrogens with two attached hydrogens (primary N) is 1. The van der Waals surface area contributed by atoms with Gasteiger partial charge in [0.05, 0.1) is 13.2 Å². The number of nitrogens with zero attached hydrogens (tertiary/aromatic N) is 1. The van der Waals surface area contributed by atoms with Crippen LogP contribution in [-0.4, -0.2) is 81.6 Å². The van der Waals surface area contributed by atoms with Crippen molar-refractivity contribution in [3.05, 3.63) is 53.6 Å². The van der Waals surface area contributed by atoms with Crippen molar-refractivity contribution in [2.24, 2.45) is 5.73 Å². The first-order chi connectivity index (χ1) is 19.3. The first-order valence-electron chi connectivity index (χ1n) is 13.2. The first-order valence-corrected chi connectivity index (χ1v) is 14.3. The minimum absolute atomic E-state index is 0.0539. The Hall–Kier alpha value is -3.55. The molecular weight excluding hydrogens is 552 g/mol. The van der Waals surface area contributed by atoms with E-state index in [1.807, 2.05) is 12.2 Å². The summed E-state index contributed by atoms with van der Waals surface area (Å²) in [6, 6.07) is 4.68. The highest BCUT2D eigenvalue weighted by atomic mass is 32.2. The lowest BCUT2D eigenvalue weighted by Crippen LogP contribution is -2.79. The number of aliphatic hydroxyl groups is 1. The van der Waals surface area contributed by atoms with Crippen molar-refractivity contribution < 1.29 is 38.5 Å². The van der Waals surface area contributed by atoms with Gasteiger partial charge in [0.15, 0.2) is 11.7 Å². The van der Waals surface area contributed by atoms with Crippen molar-refractivity contribution in [2.75, 3.05) is 12.9 Å². The van der Waals surface area contributed by atoms with Gasteiger partial charge in [-0.25, -0.2) is 9.59 Å². The molecule has 2 heterocycles. The maximum absolute atomic E-state index is 13.6. The maximum Gasteiger partial charge on any atom is 0.409 e. The highest BCUT2D eigenvalue weighted by Crippen LogP contribution is 2.39. The molecule has 0 bridgehead atoms. The molecule has 4 rings (SSSR count). The smallest absolute Gasteiger partial charge is 0.409 e. The number of alkyl carbamates (subject to hydrolysis) is 1. The quantitative estimate of drug-likeness (QED) is 0.150. The lowest BCUT2D eigenvalue weighted by atomic mass is 9.91. The number of hydrogen-bond acceptors (Lipinski definition) is 10. The Bertz CT molecular complexity index is 1240. The van der Waals surface area contributed by atoms with Crippen molar-refractivity contribution >= 4 is 35.6 Å². The summed E-state index contributed by atoms with van der Waals surface area (Å²) in [7, 11) is 1.54. The molecule has 0 radical (unpaired) electrons. The number of carbonyl (C=O) groups is 4. The number of fused-ring (bicyclic) bond motifs is 1. The minimum Gasteiger partial charge on any atom is -0.497 e. The fourth-order valence-corrected chi connectivity index (χ4v) is 6.07. The molecule has 0 saturated carbocycles. The van der Waals surface area contributed by atoms with Crippen molar-refractivity contribution in [3.8, 4) is 5.75 Å². The van der Waals surface area contributed by atoms with Crippen molar-refractivity contribution in [1.82, 2.24) is 15.5 Å².